The summed E-state index contributed by atoms with van der Waals surface area (Å²) in [4.78, 5) is 0. The van der Waals surface area contributed by atoms with Gasteiger partial charge in [-0.15, -0.1) is 0 Å². The molecule has 3 heteroatoms. The molecule has 0 spiro atoms. The number of aliphatic hydroxyl groups excluding tert-OH is 2. The fourth-order valence-corrected chi connectivity index (χ4v) is 5.61. The van der Waals surface area contributed by atoms with E-state index in [0.29, 0.717) is 31.1 Å². The van der Waals surface area contributed by atoms with Crippen molar-refractivity contribution in [3.05, 3.63) is 46.9 Å². The van der Waals surface area contributed by atoms with Crippen LogP contribution in [0.25, 0.3) is 0 Å². The fourth-order valence-electron chi connectivity index (χ4n) is 5.61. The van der Waals surface area contributed by atoms with Crippen LogP contribution in [0.3, 0.4) is 0 Å². The molecule has 2 fully saturated rings. The third-order valence-corrected chi connectivity index (χ3v) is 6.97. The van der Waals surface area contributed by atoms with Gasteiger partial charge in [0.05, 0.1) is 18.0 Å². The molecule has 150 valence electrons. The van der Waals surface area contributed by atoms with Crippen LogP contribution in [0.5, 0.6) is 0 Å². The Morgan fingerprint density at radius 3 is 2.67 bits per heavy atom. The quantitative estimate of drug-likeness (QED) is 0.612. The average molecular weight is 375 g/mol. The second-order valence-electron chi connectivity index (χ2n) is 9.16. The Morgan fingerprint density at radius 1 is 1.30 bits per heavy atom. The predicted octanol–water partition coefficient (Wildman–Crippen LogP) is 5.78. The molecule has 2 nitrogen and oxygen atoms in total. The van der Waals surface area contributed by atoms with Gasteiger partial charge in [0.1, 0.15) is 0 Å². The maximum Gasteiger partial charge on any atom is 0.0929 e. The number of halogens is 1. The van der Waals surface area contributed by atoms with Crippen LogP contribution >= 0.6 is 0 Å². The highest BCUT2D eigenvalue weighted by Crippen LogP contribution is 2.56. The van der Waals surface area contributed by atoms with Gasteiger partial charge in [-0.25, -0.2) is 4.39 Å². The highest BCUT2D eigenvalue weighted by atomic mass is 19.1. The van der Waals surface area contributed by atoms with Gasteiger partial charge in [-0.3, -0.25) is 0 Å². The summed E-state index contributed by atoms with van der Waals surface area (Å²) in [7, 11) is 0. The normalized spacial score (nSPS) is 37.2. The molecule has 5 atom stereocenters. The zero-order chi connectivity index (χ0) is 19.6. The highest BCUT2D eigenvalue weighted by molar-refractivity contribution is 5.35. The number of hydrogen-bond donors (Lipinski definition) is 2. The van der Waals surface area contributed by atoms with Crippen molar-refractivity contribution in [3.63, 3.8) is 0 Å². The van der Waals surface area contributed by atoms with Gasteiger partial charge in [0.2, 0.25) is 0 Å². The molecule has 0 saturated heterocycles. The van der Waals surface area contributed by atoms with E-state index in [0.717, 1.165) is 24.8 Å². The number of allylic oxidation sites excluding steroid dienone is 7. The lowest BCUT2D eigenvalue weighted by Crippen LogP contribution is -2.32. The summed E-state index contributed by atoms with van der Waals surface area (Å²) in [6.45, 7) is 6.14. The SMILES string of the molecule is C/C(F)=C\C[C@@H](C)C1=CC[C@H]2/C(=C/C=C3C[C@@H](O)C[C@H](O)C3)CCC[C@]12C. The van der Waals surface area contributed by atoms with Crippen LogP contribution in [0.4, 0.5) is 4.39 Å². The predicted molar refractivity (Wildman–Crippen MR) is 109 cm³/mol. The molecule has 0 heterocycles. The molecule has 0 aromatic carbocycles. The Morgan fingerprint density at radius 2 is 2.00 bits per heavy atom. The Bertz CT molecular complexity index is 656. The van der Waals surface area contributed by atoms with Crippen LogP contribution < -0.4 is 0 Å². The lowest BCUT2D eigenvalue weighted by molar-refractivity contribution is 0.0609. The average Bonchev–Trinajstić information content (AvgIpc) is 2.94. The Labute approximate surface area is 163 Å². The zero-order valence-electron chi connectivity index (χ0n) is 17.0. The van der Waals surface area contributed by atoms with Gasteiger partial charge in [0, 0.05) is 0 Å². The first-order valence-electron chi connectivity index (χ1n) is 10.6. The number of rotatable bonds is 4. The first-order chi connectivity index (χ1) is 12.8. The fraction of sp³-hybridized carbons (Fsp3) is 0.667. The van der Waals surface area contributed by atoms with Crippen molar-refractivity contribution in [1.29, 1.82) is 0 Å². The Hall–Kier alpha value is -1.19. The van der Waals surface area contributed by atoms with Crippen molar-refractivity contribution >= 4 is 0 Å². The molecular formula is C24H35FO2. The van der Waals surface area contributed by atoms with E-state index in [1.54, 1.807) is 6.08 Å². The van der Waals surface area contributed by atoms with Crippen LogP contribution in [0.15, 0.2) is 46.9 Å². The largest absolute Gasteiger partial charge is 0.393 e. The monoisotopic (exact) mass is 374 g/mol. The third-order valence-electron chi connectivity index (χ3n) is 6.97. The van der Waals surface area contributed by atoms with Gasteiger partial charge < -0.3 is 10.2 Å². The van der Waals surface area contributed by atoms with Gasteiger partial charge in [0.25, 0.3) is 0 Å². The van der Waals surface area contributed by atoms with E-state index >= 15 is 0 Å². The van der Waals surface area contributed by atoms with Gasteiger partial charge >= 0.3 is 0 Å². The van der Waals surface area contributed by atoms with Crippen LogP contribution in [0.2, 0.25) is 0 Å². The molecule has 2 saturated carbocycles. The number of hydrogen-bond acceptors (Lipinski definition) is 2. The summed E-state index contributed by atoms with van der Waals surface area (Å²) in [6.07, 6.45) is 15.0. The van der Waals surface area contributed by atoms with E-state index in [9.17, 15) is 14.6 Å². The minimum Gasteiger partial charge on any atom is -0.393 e. The van der Waals surface area contributed by atoms with Crippen LogP contribution in [-0.4, -0.2) is 22.4 Å². The van der Waals surface area contributed by atoms with E-state index in [-0.39, 0.29) is 11.2 Å². The Balaban J connectivity index is 1.75. The molecule has 0 amide bonds. The molecule has 27 heavy (non-hydrogen) atoms. The van der Waals surface area contributed by atoms with Gasteiger partial charge in [-0.2, -0.15) is 0 Å². The molecule has 0 aliphatic heterocycles. The lowest BCUT2D eigenvalue weighted by Gasteiger charge is -2.42. The van der Waals surface area contributed by atoms with Crippen molar-refractivity contribution in [3.8, 4) is 0 Å². The van der Waals surface area contributed by atoms with Gasteiger partial charge in [0.15, 0.2) is 0 Å². The van der Waals surface area contributed by atoms with E-state index in [1.165, 1.54) is 30.9 Å². The summed E-state index contributed by atoms with van der Waals surface area (Å²) in [5.74, 6) is 0.830. The maximum absolute atomic E-state index is 13.2. The molecule has 2 N–H and O–H groups in total. The molecular weight excluding hydrogens is 339 g/mol. The smallest absolute Gasteiger partial charge is 0.0929 e. The molecule has 0 aromatic heterocycles. The zero-order valence-corrected chi connectivity index (χ0v) is 17.0. The van der Waals surface area contributed by atoms with Crippen molar-refractivity contribution in [2.24, 2.45) is 17.3 Å². The molecule has 3 rings (SSSR count). The summed E-state index contributed by atoms with van der Waals surface area (Å²) in [5.41, 5.74) is 4.35. The first-order valence-corrected chi connectivity index (χ1v) is 10.6. The topological polar surface area (TPSA) is 40.5 Å². The molecule has 0 radical (unpaired) electrons. The summed E-state index contributed by atoms with van der Waals surface area (Å²) >= 11 is 0. The first kappa shape index (κ1) is 20.5. The van der Waals surface area contributed by atoms with E-state index in [2.05, 4.69) is 32.1 Å². The summed E-state index contributed by atoms with van der Waals surface area (Å²) in [5, 5.41) is 19.8. The summed E-state index contributed by atoms with van der Waals surface area (Å²) < 4.78 is 13.2. The molecule has 3 aliphatic rings. The van der Waals surface area contributed by atoms with Crippen LogP contribution in [-0.2, 0) is 0 Å². The second-order valence-corrected chi connectivity index (χ2v) is 9.16. The minimum atomic E-state index is -0.414. The molecule has 0 unspecified atom stereocenters. The van der Waals surface area contributed by atoms with Crippen molar-refractivity contribution in [1.82, 2.24) is 0 Å². The lowest BCUT2D eigenvalue weighted by atomic mass is 9.62. The highest BCUT2D eigenvalue weighted by Gasteiger charge is 2.45. The van der Waals surface area contributed by atoms with E-state index in [1.807, 2.05) is 0 Å². The van der Waals surface area contributed by atoms with Crippen LogP contribution in [0, 0.1) is 17.3 Å². The van der Waals surface area contributed by atoms with Crippen molar-refractivity contribution in [2.45, 2.75) is 84.3 Å². The molecule has 0 aromatic rings. The summed E-state index contributed by atoms with van der Waals surface area (Å²) in [6, 6.07) is 0. The van der Waals surface area contributed by atoms with E-state index < -0.39 is 12.2 Å². The van der Waals surface area contributed by atoms with Crippen LogP contribution in [0.1, 0.15) is 72.1 Å². The Kier molecular flexibility index (Phi) is 6.43. The maximum atomic E-state index is 13.2. The molecule has 0 bridgehead atoms. The van der Waals surface area contributed by atoms with E-state index in [4.69, 9.17) is 0 Å². The second kappa shape index (κ2) is 8.45. The molecule has 3 aliphatic carbocycles. The van der Waals surface area contributed by atoms with Gasteiger partial charge in [-0.1, -0.05) is 54.9 Å². The number of aliphatic hydroxyl groups is 2. The van der Waals surface area contributed by atoms with Crippen molar-refractivity contribution < 1.29 is 14.6 Å². The number of fused-ring (bicyclic) bond motifs is 1. The van der Waals surface area contributed by atoms with Gasteiger partial charge in [-0.05, 0) is 75.5 Å². The minimum absolute atomic E-state index is 0.0881. The van der Waals surface area contributed by atoms with Crippen molar-refractivity contribution in [2.75, 3.05) is 0 Å². The standard InChI is InChI=1S/C24H35FO2/c1-16(6-7-17(2)25)22-10-11-23-19(5-4-12-24(22,23)3)9-8-18-13-20(26)15-21(27)14-18/h7-10,16,20-21,23,26-27H,4-6,11-15H2,1-3H3/b17-7+,19-9+/t16-,20-,21-,23+,24-/m1/s1. The third kappa shape index (κ3) is 4.63.